The van der Waals surface area contributed by atoms with Crippen LogP contribution in [0.1, 0.15) is 12.6 Å². The molecule has 1 heterocycles. The van der Waals surface area contributed by atoms with Gasteiger partial charge in [-0.3, -0.25) is 0 Å². The molecule has 0 radical (unpaired) electrons. The van der Waals surface area contributed by atoms with Gasteiger partial charge in [0, 0.05) is 11.1 Å². The molecular formula is C18H16ClNO3. The van der Waals surface area contributed by atoms with Crippen molar-refractivity contribution in [3.63, 3.8) is 0 Å². The lowest BCUT2D eigenvalue weighted by molar-refractivity contribution is 0.337. The van der Waals surface area contributed by atoms with E-state index >= 15 is 0 Å². The second-order valence-corrected chi connectivity index (χ2v) is 5.53. The van der Waals surface area contributed by atoms with Crippen LogP contribution < -0.4 is 4.74 Å². The summed E-state index contributed by atoms with van der Waals surface area (Å²) < 4.78 is 10.9. The first-order valence-electron chi connectivity index (χ1n) is 7.28. The van der Waals surface area contributed by atoms with Crippen molar-refractivity contribution in [2.45, 2.75) is 13.8 Å². The molecule has 5 heteroatoms. The highest BCUT2D eigenvalue weighted by Crippen LogP contribution is 2.40. The van der Waals surface area contributed by atoms with Gasteiger partial charge in [-0.2, -0.15) is 0 Å². The standard InChI is InChI=1S/C18H16ClNO3/c1-3-22-14-8-9-15(16(21)10-14)18-17(11(2)20-23-18)12-4-6-13(19)7-5-12/h4-10,21H,3H2,1-2H3. The fourth-order valence-electron chi connectivity index (χ4n) is 2.47. The SMILES string of the molecule is CCOc1ccc(-c2onc(C)c2-c2ccc(Cl)cc2)c(O)c1. The van der Waals surface area contributed by atoms with E-state index in [1.54, 1.807) is 18.2 Å². The molecule has 0 aliphatic rings. The Kier molecular flexibility index (Phi) is 4.26. The summed E-state index contributed by atoms with van der Waals surface area (Å²) in [7, 11) is 0. The molecule has 0 amide bonds. The number of benzene rings is 2. The molecule has 0 saturated carbocycles. The van der Waals surface area contributed by atoms with E-state index in [1.165, 1.54) is 0 Å². The fourth-order valence-corrected chi connectivity index (χ4v) is 2.60. The summed E-state index contributed by atoms with van der Waals surface area (Å²) in [6.45, 7) is 4.29. The zero-order valence-electron chi connectivity index (χ0n) is 12.8. The quantitative estimate of drug-likeness (QED) is 0.725. The number of phenols is 1. The van der Waals surface area contributed by atoms with Gasteiger partial charge in [-0.15, -0.1) is 0 Å². The third kappa shape index (κ3) is 3.03. The molecule has 0 unspecified atom stereocenters. The molecule has 4 nitrogen and oxygen atoms in total. The van der Waals surface area contributed by atoms with Gasteiger partial charge >= 0.3 is 0 Å². The van der Waals surface area contributed by atoms with Gasteiger partial charge in [-0.1, -0.05) is 28.9 Å². The van der Waals surface area contributed by atoms with E-state index in [0.29, 0.717) is 28.7 Å². The fraction of sp³-hybridized carbons (Fsp3) is 0.167. The Hall–Kier alpha value is -2.46. The van der Waals surface area contributed by atoms with Crippen LogP contribution in [0.4, 0.5) is 0 Å². The molecule has 23 heavy (non-hydrogen) atoms. The van der Waals surface area contributed by atoms with Gasteiger partial charge in [-0.25, -0.2) is 0 Å². The number of hydrogen-bond donors (Lipinski definition) is 1. The molecule has 0 saturated heterocycles. The normalized spacial score (nSPS) is 10.7. The molecule has 0 aliphatic heterocycles. The van der Waals surface area contributed by atoms with Crippen molar-refractivity contribution in [2.75, 3.05) is 6.61 Å². The van der Waals surface area contributed by atoms with Crippen LogP contribution in [0.25, 0.3) is 22.5 Å². The molecule has 0 atom stereocenters. The summed E-state index contributed by atoms with van der Waals surface area (Å²) in [5.74, 6) is 1.21. The lowest BCUT2D eigenvalue weighted by atomic mass is 9.99. The number of nitrogens with zero attached hydrogens (tertiary/aromatic N) is 1. The van der Waals surface area contributed by atoms with E-state index in [1.807, 2.05) is 38.1 Å². The number of ether oxygens (including phenoxy) is 1. The van der Waals surface area contributed by atoms with Crippen LogP contribution in [0.5, 0.6) is 11.5 Å². The summed E-state index contributed by atoms with van der Waals surface area (Å²) in [5, 5.41) is 15.0. The first-order chi connectivity index (χ1) is 11.1. The zero-order valence-corrected chi connectivity index (χ0v) is 13.6. The average molecular weight is 330 g/mol. The van der Waals surface area contributed by atoms with Crippen molar-refractivity contribution < 1.29 is 14.4 Å². The third-order valence-electron chi connectivity index (χ3n) is 3.52. The lowest BCUT2D eigenvalue weighted by Crippen LogP contribution is -1.91. The molecule has 3 aromatic rings. The van der Waals surface area contributed by atoms with E-state index in [0.717, 1.165) is 16.8 Å². The van der Waals surface area contributed by atoms with Gasteiger partial charge in [0.05, 0.1) is 23.4 Å². The maximum atomic E-state index is 10.3. The van der Waals surface area contributed by atoms with Crippen molar-refractivity contribution in [3.05, 3.63) is 53.2 Å². The smallest absolute Gasteiger partial charge is 0.178 e. The average Bonchev–Trinajstić information content (AvgIpc) is 2.90. The van der Waals surface area contributed by atoms with Gasteiger partial charge in [-0.05, 0) is 43.7 Å². The van der Waals surface area contributed by atoms with Crippen LogP contribution in [-0.4, -0.2) is 16.9 Å². The number of hydrogen-bond acceptors (Lipinski definition) is 4. The van der Waals surface area contributed by atoms with E-state index in [4.69, 9.17) is 20.9 Å². The van der Waals surface area contributed by atoms with Crippen LogP contribution in [0, 0.1) is 6.92 Å². The summed E-state index contributed by atoms with van der Waals surface area (Å²) in [5.41, 5.74) is 3.08. The van der Waals surface area contributed by atoms with Crippen LogP contribution in [0.3, 0.4) is 0 Å². The zero-order chi connectivity index (χ0) is 16.4. The van der Waals surface area contributed by atoms with E-state index in [2.05, 4.69) is 5.16 Å². The van der Waals surface area contributed by atoms with Crippen molar-refractivity contribution in [2.24, 2.45) is 0 Å². The number of halogens is 1. The number of aryl methyl sites for hydroxylation is 1. The van der Waals surface area contributed by atoms with E-state index < -0.39 is 0 Å². The van der Waals surface area contributed by atoms with E-state index in [9.17, 15) is 5.11 Å². The predicted molar refractivity (Wildman–Crippen MR) is 90.0 cm³/mol. The maximum absolute atomic E-state index is 10.3. The van der Waals surface area contributed by atoms with Crippen molar-refractivity contribution in [1.82, 2.24) is 5.16 Å². The first-order valence-corrected chi connectivity index (χ1v) is 7.66. The Balaban J connectivity index is 2.09. The number of rotatable bonds is 4. The van der Waals surface area contributed by atoms with Crippen LogP contribution in [-0.2, 0) is 0 Å². The highest BCUT2D eigenvalue weighted by molar-refractivity contribution is 6.30. The van der Waals surface area contributed by atoms with Crippen molar-refractivity contribution in [1.29, 1.82) is 0 Å². The van der Waals surface area contributed by atoms with Crippen molar-refractivity contribution >= 4 is 11.6 Å². The second-order valence-electron chi connectivity index (χ2n) is 5.09. The molecule has 3 rings (SSSR count). The molecule has 0 spiro atoms. The predicted octanol–water partition coefficient (Wildman–Crippen LogP) is 5.07. The van der Waals surface area contributed by atoms with E-state index in [-0.39, 0.29) is 5.75 Å². The van der Waals surface area contributed by atoms with Gasteiger partial charge in [0.25, 0.3) is 0 Å². The van der Waals surface area contributed by atoms with Crippen LogP contribution >= 0.6 is 11.6 Å². The minimum Gasteiger partial charge on any atom is -0.507 e. The number of phenolic OH excluding ortho intramolecular Hbond substituents is 1. The molecular weight excluding hydrogens is 314 g/mol. The van der Waals surface area contributed by atoms with Crippen molar-refractivity contribution in [3.8, 4) is 33.9 Å². The monoisotopic (exact) mass is 329 g/mol. The molecule has 1 N–H and O–H groups in total. The number of aromatic nitrogens is 1. The van der Waals surface area contributed by atoms with Crippen LogP contribution in [0.2, 0.25) is 5.02 Å². The molecule has 0 fully saturated rings. The molecule has 118 valence electrons. The Labute approximate surface area is 139 Å². The highest BCUT2D eigenvalue weighted by Gasteiger charge is 2.19. The molecule has 0 aliphatic carbocycles. The van der Waals surface area contributed by atoms with Gasteiger partial charge in [0.2, 0.25) is 0 Å². The number of aromatic hydroxyl groups is 1. The topological polar surface area (TPSA) is 55.5 Å². The van der Waals surface area contributed by atoms with Crippen LogP contribution in [0.15, 0.2) is 47.0 Å². The summed E-state index contributed by atoms with van der Waals surface area (Å²) in [4.78, 5) is 0. The lowest BCUT2D eigenvalue weighted by Gasteiger charge is -2.08. The molecule has 0 bridgehead atoms. The van der Waals surface area contributed by atoms with Gasteiger partial charge in [0.15, 0.2) is 5.76 Å². The Bertz CT molecular complexity index is 825. The molecule has 2 aromatic carbocycles. The highest BCUT2D eigenvalue weighted by atomic mass is 35.5. The Morgan fingerprint density at radius 1 is 1.17 bits per heavy atom. The third-order valence-corrected chi connectivity index (χ3v) is 3.77. The maximum Gasteiger partial charge on any atom is 0.178 e. The van der Waals surface area contributed by atoms with Gasteiger partial charge < -0.3 is 14.4 Å². The van der Waals surface area contributed by atoms with Gasteiger partial charge in [0.1, 0.15) is 11.5 Å². The first kappa shape index (κ1) is 15.4. The largest absolute Gasteiger partial charge is 0.507 e. The summed E-state index contributed by atoms with van der Waals surface area (Å²) in [6, 6.07) is 12.5. The minimum absolute atomic E-state index is 0.0855. The Morgan fingerprint density at radius 3 is 2.57 bits per heavy atom. The Morgan fingerprint density at radius 2 is 1.91 bits per heavy atom. The second kappa shape index (κ2) is 6.34. The summed E-state index contributed by atoms with van der Waals surface area (Å²) in [6.07, 6.45) is 0. The molecule has 1 aromatic heterocycles. The summed E-state index contributed by atoms with van der Waals surface area (Å²) >= 11 is 5.95. The minimum atomic E-state index is 0.0855.